The van der Waals surface area contributed by atoms with Crippen molar-refractivity contribution in [1.29, 1.82) is 2.86 Å². The third kappa shape index (κ3) is 58.2. The first kappa shape index (κ1) is 5.90. The number of rotatable bonds is 0. The summed E-state index contributed by atoms with van der Waals surface area (Å²) in [6.07, 6.45) is -5.80. The van der Waals surface area contributed by atoms with E-state index in [1.807, 2.05) is 0 Å². The van der Waals surface area contributed by atoms with Crippen LogP contribution in [0, 0.1) is 0 Å². The SMILES string of the molecule is O.[2H]C([2H])([2H])S(=O)C([2H])([2H])[2H].[2H]O[2H].[H-].[H-].[K+].[K+]. The van der Waals surface area contributed by atoms with Crippen LogP contribution in [0.15, 0.2) is 0 Å². The molecule has 0 aromatic heterocycles. The van der Waals surface area contributed by atoms with Gasteiger partial charge in [0.05, 0.1) is 0 Å². The fourth-order valence-corrected chi connectivity index (χ4v) is 0. The minimum absolute atomic E-state index is 0. The summed E-state index contributed by atoms with van der Waals surface area (Å²) < 4.78 is 60.0. The maximum atomic E-state index is 10.5. The number of hydrogen-bond acceptors (Lipinski definition) is 1. The Hall–Kier alpha value is 3.34. The van der Waals surface area contributed by atoms with Gasteiger partial charge in [-0.25, -0.2) is 0 Å². The zero-order valence-electron chi connectivity index (χ0n) is 14.7. The Morgan fingerprint density at radius 1 is 1.62 bits per heavy atom. The van der Waals surface area contributed by atoms with Gasteiger partial charge in [0.15, 0.2) is 0 Å². The Morgan fingerprint density at radius 3 is 1.88 bits per heavy atom. The van der Waals surface area contributed by atoms with Crippen LogP contribution >= 0.6 is 0 Å². The van der Waals surface area contributed by atoms with Gasteiger partial charge in [-0.3, -0.25) is 4.21 Å². The molecule has 0 aliphatic carbocycles. The van der Waals surface area contributed by atoms with E-state index in [1.165, 1.54) is 0 Å². The summed E-state index contributed by atoms with van der Waals surface area (Å²) in [5.74, 6) is 0. The maximum absolute atomic E-state index is 10.5. The van der Waals surface area contributed by atoms with Crippen LogP contribution < -0.4 is 103 Å². The van der Waals surface area contributed by atoms with Gasteiger partial charge in [0, 0.05) is 31.4 Å². The van der Waals surface area contributed by atoms with E-state index in [-0.39, 0.29) is 111 Å². The maximum Gasteiger partial charge on any atom is 1.00 e. The van der Waals surface area contributed by atoms with Crippen molar-refractivity contribution in [2.24, 2.45) is 0 Å². The molecule has 0 radical (unpaired) electrons. The summed E-state index contributed by atoms with van der Waals surface area (Å²) in [6.45, 7) is 0. The molecule has 0 saturated heterocycles. The zero-order chi connectivity index (χ0) is 11.3. The molecular formula is C2H12K2O3S. The second kappa shape index (κ2) is 22.4. The first-order valence-electron chi connectivity index (χ1n) is 4.39. The molecule has 46 valence electrons. The Morgan fingerprint density at radius 2 is 1.88 bits per heavy atom. The normalized spacial score (nSPS) is 21.1. The zero-order valence-corrected chi connectivity index (χ0v) is 11.8. The van der Waals surface area contributed by atoms with E-state index in [2.05, 4.69) is 5.48 Å². The summed E-state index contributed by atoms with van der Waals surface area (Å²) in [4.78, 5) is 0. The van der Waals surface area contributed by atoms with Crippen LogP contribution in [0.5, 0.6) is 0 Å². The third-order valence-corrected chi connectivity index (χ3v) is 0. The molecule has 0 unspecified atom stereocenters. The predicted molar refractivity (Wildman–Crippen MR) is 29.4 cm³/mol. The first-order chi connectivity index (χ1) is 5.57. The van der Waals surface area contributed by atoms with Crippen molar-refractivity contribution in [3.63, 3.8) is 0 Å². The third-order valence-electron chi connectivity index (χ3n) is 0. The molecule has 0 rings (SSSR count). The molecule has 0 saturated carbocycles. The summed E-state index contributed by atoms with van der Waals surface area (Å²) >= 11 is 0. The predicted octanol–water partition coefficient (Wildman–Crippen LogP) is -7.42. The first-order valence-corrected chi connectivity index (χ1v) is 1.72. The van der Waals surface area contributed by atoms with E-state index in [0.717, 1.165) is 0 Å². The molecule has 0 atom stereocenters. The van der Waals surface area contributed by atoms with Crippen molar-refractivity contribution in [3.05, 3.63) is 0 Å². The van der Waals surface area contributed by atoms with Crippen LogP contribution in [0.4, 0.5) is 0 Å². The van der Waals surface area contributed by atoms with Crippen LogP contribution in [0.25, 0.3) is 0 Å². The van der Waals surface area contributed by atoms with Crippen LogP contribution in [0.1, 0.15) is 11.1 Å². The van der Waals surface area contributed by atoms with Crippen molar-refractivity contribution in [2.45, 2.75) is 0 Å². The summed E-state index contributed by atoms with van der Waals surface area (Å²) in [6, 6.07) is 0. The summed E-state index contributed by atoms with van der Waals surface area (Å²) in [5.41, 5.74) is 2.75. The summed E-state index contributed by atoms with van der Waals surface area (Å²) in [7, 11) is -2.75. The molecule has 0 aliphatic heterocycles. The van der Waals surface area contributed by atoms with Gasteiger partial charge < -0.3 is 13.8 Å². The van der Waals surface area contributed by atoms with Crippen molar-refractivity contribution >= 4 is 10.8 Å². The molecule has 0 bridgehead atoms. The van der Waals surface area contributed by atoms with Gasteiger partial charge in [-0.15, -0.1) is 0 Å². The molecular weight excluding hydrogens is 182 g/mol. The minimum Gasteiger partial charge on any atom is -1.00 e. The van der Waals surface area contributed by atoms with Gasteiger partial charge in [0.2, 0.25) is 2.86 Å². The molecule has 0 fully saturated rings. The molecule has 3 nitrogen and oxygen atoms in total. The molecule has 0 aromatic rings. The fourth-order valence-electron chi connectivity index (χ4n) is 0. The second-order valence-corrected chi connectivity index (χ2v) is 0.806. The molecule has 6 heteroatoms. The van der Waals surface area contributed by atoms with Gasteiger partial charge in [0.1, 0.15) is 0 Å². The molecule has 8 heavy (non-hydrogen) atoms. The van der Waals surface area contributed by atoms with Gasteiger partial charge in [-0.1, -0.05) is 0 Å². The van der Waals surface area contributed by atoms with Crippen molar-refractivity contribution in [2.75, 3.05) is 12.4 Å². The fraction of sp³-hybridized carbons (Fsp3) is 1.00. The number of hydrogen-bond donors (Lipinski definition) is 0. The Bertz CT molecular complexity index is 155. The van der Waals surface area contributed by atoms with Gasteiger partial charge in [0.25, 0.3) is 0 Å². The van der Waals surface area contributed by atoms with Crippen LogP contribution in [-0.2, 0) is 10.8 Å². The summed E-state index contributed by atoms with van der Waals surface area (Å²) in [5, 5.41) is 0. The topological polar surface area (TPSA) is 80.1 Å². The van der Waals surface area contributed by atoms with Crippen LogP contribution in [0.2, 0.25) is 0 Å². The standard InChI is InChI=1S/C2H6OS.2K.2H2O.2H/c1-4(2)3;;;;;;/h1-2H3;;;2*1H2;;/q;2*+1;;;2*-1/i1D3,2D3;;;;;;/hD2. The van der Waals surface area contributed by atoms with E-state index >= 15 is 0 Å². The molecule has 0 aliphatic rings. The molecule has 4 N–H and O–H groups in total. The smallest absolute Gasteiger partial charge is 1.00 e. The molecule has 0 heterocycles. The Balaban J connectivity index is -0.0000000277. The monoisotopic (exact) mass is 202 g/mol. The van der Waals surface area contributed by atoms with Crippen LogP contribution in [0.3, 0.4) is 0 Å². The molecule has 0 amide bonds. The van der Waals surface area contributed by atoms with Crippen molar-refractivity contribution in [1.82, 2.24) is 0 Å². The van der Waals surface area contributed by atoms with E-state index in [4.69, 9.17) is 11.1 Å². The quantitative estimate of drug-likeness (QED) is 0.359. The average Bonchev–Trinajstić information content (AvgIpc) is 1.84. The molecule has 0 aromatic carbocycles. The van der Waals surface area contributed by atoms with Gasteiger partial charge in [-0.05, 0) is 0 Å². The van der Waals surface area contributed by atoms with E-state index in [9.17, 15) is 4.21 Å². The van der Waals surface area contributed by atoms with E-state index < -0.39 is 23.2 Å². The van der Waals surface area contributed by atoms with Crippen molar-refractivity contribution < 1.29 is 129 Å². The van der Waals surface area contributed by atoms with Gasteiger partial charge in [-0.2, -0.15) is 0 Å². The molecule has 0 spiro atoms. The van der Waals surface area contributed by atoms with E-state index in [0.29, 0.717) is 0 Å². The van der Waals surface area contributed by atoms with Crippen molar-refractivity contribution in [3.8, 4) is 0 Å². The Kier molecular flexibility index (Phi) is 16.5. The second-order valence-electron chi connectivity index (χ2n) is 0.269. The largest absolute Gasteiger partial charge is 1.00 e. The average molecular weight is 202 g/mol. The Labute approximate surface area is 152 Å². The van der Waals surface area contributed by atoms with Crippen LogP contribution in [-0.4, -0.2) is 30.4 Å². The minimum atomic E-state index is -2.90. The van der Waals surface area contributed by atoms with Gasteiger partial charge >= 0.3 is 103 Å². The van der Waals surface area contributed by atoms with E-state index in [1.54, 1.807) is 0 Å².